The van der Waals surface area contributed by atoms with Gasteiger partial charge in [-0.15, -0.1) is 10.2 Å². The van der Waals surface area contributed by atoms with Gasteiger partial charge in [0.1, 0.15) is 6.54 Å². The molecule has 2 aromatic carbocycles. The van der Waals surface area contributed by atoms with Gasteiger partial charge in [-0.25, -0.2) is 0 Å². The summed E-state index contributed by atoms with van der Waals surface area (Å²) in [6, 6.07) is 10.9. The molecule has 6 nitrogen and oxygen atoms in total. The summed E-state index contributed by atoms with van der Waals surface area (Å²) in [6.07, 6.45) is 0. The predicted molar refractivity (Wildman–Crippen MR) is 107 cm³/mol. The number of carbonyl (C=O) groups is 1. The molecule has 0 atom stereocenters. The molecule has 1 N–H and O–H groups in total. The Morgan fingerprint density at radius 1 is 1.11 bits per heavy atom. The van der Waals surface area contributed by atoms with Crippen LogP contribution in [-0.4, -0.2) is 26.1 Å². The molecule has 27 heavy (non-hydrogen) atoms. The minimum Gasteiger partial charge on any atom is -0.322 e. The second kappa shape index (κ2) is 8.25. The average molecular weight is 425 g/mol. The van der Waals surface area contributed by atoms with Crippen LogP contribution in [0.4, 0.5) is 5.69 Å². The number of halogens is 3. The minimum absolute atomic E-state index is 0.133. The molecule has 1 amide bonds. The summed E-state index contributed by atoms with van der Waals surface area (Å²) in [6.45, 7) is 4.12. The van der Waals surface area contributed by atoms with Crippen molar-refractivity contribution in [3.05, 3.63) is 57.0 Å². The Morgan fingerprint density at radius 3 is 2.33 bits per heavy atom. The van der Waals surface area contributed by atoms with Gasteiger partial charge in [-0.2, -0.15) is 4.80 Å². The lowest BCUT2D eigenvalue weighted by atomic mass is 10.0. The molecule has 0 bridgehead atoms. The molecule has 0 aliphatic carbocycles. The van der Waals surface area contributed by atoms with E-state index in [0.29, 0.717) is 16.8 Å². The summed E-state index contributed by atoms with van der Waals surface area (Å²) in [5.41, 5.74) is 2.34. The van der Waals surface area contributed by atoms with Crippen molar-refractivity contribution in [2.24, 2.45) is 0 Å². The molecular formula is C18H16Cl3N5O. The number of amides is 1. The van der Waals surface area contributed by atoms with Gasteiger partial charge >= 0.3 is 0 Å². The fourth-order valence-electron chi connectivity index (χ4n) is 2.41. The number of carbonyl (C=O) groups excluding carboxylic acids is 1. The third-order valence-electron chi connectivity index (χ3n) is 3.84. The summed E-state index contributed by atoms with van der Waals surface area (Å²) >= 11 is 18.0. The molecule has 1 heterocycles. The first-order valence-electron chi connectivity index (χ1n) is 8.16. The molecule has 3 aromatic rings. The van der Waals surface area contributed by atoms with E-state index >= 15 is 0 Å². The van der Waals surface area contributed by atoms with Gasteiger partial charge in [0.2, 0.25) is 11.7 Å². The van der Waals surface area contributed by atoms with Gasteiger partial charge in [0.05, 0.1) is 15.7 Å². The number of anilines is 1. The first-order chi connectivity index (χ1) is 12.8. The van der Waals surface area contributed by atoms with Crippen molar-refractivity contribution in [1.82, 2.24) is 20.2 Å². The molecular weight excluding hydrogens is 409 g/mol. The number of nitrogens with zero attached hydrogens (tertiary/aromatic N) is 4. The van der Waals surface area contributed by atoms with Gasteiger partial charge < -0.3 is 5.32 Å². The van der Waals surface area contributed by atoms with Crippen molar-refractivity contribution in [2.45, 2.75) is 26.3 Å². The Kier molecular flexibility index (Phi) is 5.99. The SMILES string of the molecule is CC(C)c1ccc(-c2nnn(CC(=O)Nc3c(Cl)cc(Cl)cc3Cl)n2)cc1. The van der Waals surface area contributed by atoms with Crippen LogP contribution in [0.25, 0.3) is 11.4 Å². The quantitative estimate of drug-likeness (QED) is 0.621. The number of aromatic nitrogens is 4. The van der Waals surface area contributed by atoms with Gasteiger partial charge in [-0.05, 0) is 28.8 Å². The van der Waals surface area contributed by atoms with E-state index in [1.165, 1.54) is 22.5 Å². The maximum Gasteiger partial charge on any atom is 0.248 e. The van der Waals surface area contributed by atoms with E-state index in [9.17, 15) is 4.79 Å². The fraction of sp³-hybridized carbons (Fsp3) is 0.222. The molecule has 0 aliphatic rings. The van der Waals surface area contributed by atoms with Crippen molar-refractivity contribution in [2.75, 3.05) is 5.32 Å². The van der Waals surface area contributed by atoms with Gasteiger partial charge in [0.25, 0.3) is 0 Å². The van der Waals surface area contributed by atoms with E-state index in [-0.39, 0.29) is 28.2 Å². The third-order valence-corrected chi connectivity index (χ3v) is 4.66. The van der Waals surface area contributed by atoms with Crippen molar-refractivity contribution in [3.63, 3.8) is 0 Å². The highest BCUT2D eigenvalue weighted by molar-refractivity contribution is 6.42. The van der Waals surface area contributed by atoms with Crippen molar-refractivity contribution in [3.8, 4) is 11.4 Å². The van der Waals surface area contributed by atoms with E-state index < -0.39 is 0 Å². The summed E-state index contributed by atoms with van der Waals surface area (Å²) < 4.78 is 0. The average Bonchev–Trinajstić information content (AvgIpc) is 3.06. The van der Waals surface area contributed by atoms with E-state index in [1.807, 2.05) is 24.3 Å². The van der Waals surface area contributed by atoms with E-state index in [4.69, 9.17) is 34.8 Å². The van der Waals surface area contributed by atoms with Gasteiger partial charge in [0, 0.05) is 10.6 Å². The molecule has 1 aromatic heterocycles. The van der Waals surface area contributed by atoms with Crippen LogP contribution in [0.1, 0.15) is 25.3 Å². The Morgan fingerprint density at radius 2 is 1.74 bits per heavy atom. The minimum atomic E-state index is -0.389. The smallest absolute Gasteiger partial charge is 0.248 e. The molecule has 0 radical (unpaired) electrons. The third kappa shape index (κ3) is 4.77. The summed E-state index contributed by atoms with van der Waals surface area (Å²) in [7, 11) is 0. The number of benzene rings is 2. The second-order valence-electron chi connectivity index (χ2n) is 6.21. The summed E-state index contributed by atoms with van der Waals surface area (Å²) in [5, 5.41) is 15.7. The number of rotatable bonds is 5. The second-order valence-corrected chi connectivity index (χ2v) is 7.46. The zero-order valence-corrected chi connectivity index (χ0v) is 16.8. The number of tetrazole rings is 1. The molecule has 0 fully saturated rings. The Hall–Kier alpha value is -2.15. The Labute approximate surface area is 171 Å². The molecule has 3 rings (SSSR count). The highest BCUT2D eigenvalue weighted by Gasteiger charge is 2.14. The van der Waals surface area contributed by atoms with E-state index in [1.54, 1.807) is 0 Å². The zero-order chi connectivity index (χ0) is 19.6. The topological polar surface area (TPSA) is 72.7 Å². The highest BCUT2D eigenvalue weighted by atomic mass is 35.5. The van der Waals surface area contributed by atoms with Crippen LogP contribution >= 0.6 is 34.8 Å². The largest absolute Gasteiger partial charge is 0.322 e. The summed E-state index contributed by atoms with van der Waals surface area (Å²) in [5.74, 6) is 0.499. The molecule has 0 spiro atoms. The molecule has 0 saturated carbocycles. The van der Waals surface area contributed by atoms with E-state index in [2.05, 4.69) is 34.6 Å². The van der Waals surface area contributed by atoms with Crippen LogP contribution in [-0.2, 0) is 11.3 Å². The molecule has 0 unspecified atom stereocenters. The number of hydrogen-bond donors (Lipinski definition) is 1. The Bertz CT molecular complexity index is 946. The lowest BCUT2D eigenvalue weighted by Gasteiger charge is -2.09. The summed E-state index contributed by atoms with van der Waals surface area (Å²) in [4.78, 5) is 13.5. The molecule has 0 saturated heterocycles. The fourth-order valence-corrected chi connectivity index (χ4v) is 3.32. The van der Waals surface area contributed by atoms with Crippen LogP contribution in [0.3, 0.4) is 0 Å². The monoisotopic (exact) mass is 423 g/mol. The van der Waals surface area contributed by atoms with Gasteiger partial charge in [-0.1, -0.05) is 72.9 Å². The maximum atomic E-state index is 12.2. The zero-order valence-electron chi connectivity index (χ0n) is 14.6. The number of hydrogen-bond acceptors (Lipinski definition) is 4. The Balaban J connectivity index is 1.69. The first-order valence-corrected chi connectivity index (χ1v) is 9.29. The lowest BCUT2D eigenvalue weighted by Crippen LogP contribution is -2.20. The van der Waals surface area contributed by atoms with Crippen LogP contribution in [0.15, 0.2) is 36.4 Å². The van der Waals surface area contributed by atoms with Gasteiger partial charge in [0.15, 0.2) is 0 Å². The molecule has 140 valence electrons. The maximum absolute atomic E-state index is 12.2. The highest BCUT2D eigenvalue weighted by Crippen LogP contribution is 2.33. The van der Waals surface area contributed by atoms with Crippen LogP contribution < -0.4 is 5.32 Å². The lowest BCUT2D eigenvalue weighted by molar-refractivity contribution is -0.117. The predicted octanol–water partition coefficient (Wildman–Crippen LogP) is 5.06. The standard InChI is InChI=1S/C18H16Cl3N5O/c1-10(2)11-3-5-12(6-4-11)18-23-25-26(24-18)9-16(27)22-17-14(20)7-13(19)8-15(17)21/h3-8,10H,9H2,1-2H3,(H,22,27). The van der Waals surface area contributed by atoms with Crippen LogP contribution in [0.2, 0.25) is 15.1 Å². The molecule has 9 heteroatoms. The first kappa shape index (κ1) is 19.6. The van der Waals surface area contributed by atoms with Crippen molar-refractivity contribution in [1.29, 1.82) is 0 Å². The van der Waals surface area contributed by atoms with Gasteiger partial charge in [-0.3, -0.25) is 4.79 Å². The van der Waals surface area contributed by atoms with E-state index in [0.717, 1.165) is 5.56 Å². The van der Waals surface area contributed by atoms with Crippen LogP contribution in [0.5, 0.6) is 0 Å². The van der Waals surface area contributed by atoms with Crippen LogP contribution in [0, 0.1) is 0 Å². The number of nitrogens with one attached hydrogen (secondary N) is 1. The van der Waals surface area contributed by atoms with Crippen molar-refractivity contribution < 1.29 is 4.79 Å². The van der Waals surface area contributed by atoms with Crippen molar-refractivity contribution >= 4 is 46.4 Å². The molecule has 0 aliphatic heterocycles. The normalized spacial score (nSPS) is 11.0.